The average molecular weight is 279 g/mol. The molecule has 0 aromatic carbocycles. The van der Waals surface area contributed by atoms with Gasteiger partial charge in [-0.05, 0) is 32.6 Å². The first kappa shape index (κ1) is 14.8. The Bertz CT molecular complexity index is 436. The lowest BCUT2D eigenvalue weighted by atomic mass is 10.2. The largest absolute Gasteiger partial charge is 0.383 e. The molecule has 2 rings (SSSR count). The zero-order chi connectivity index (χ0) is 14.5. The summed E-state index contributed by atoms with van der Waals surface area (Å²) in [6, 6.07) is 2.42. The standard InChI is InChI=1S/C14H25N5O/c1-4-16-12-9-13(18-14(15)17-12)19(7-8-20-3)10(2)11-5-6-11/h9-11H,4-8H2,1-3H3,(H3,15,16,17,18). The van der Waals surface area contributed by atoms with Gasteiger partial charge in [-0.2, -0.15) is 9.97 Å². The van der Waals surface area contributed by atoms with E-state index >= 15 is 0 Å². The van der Waals surface area contributed by atoms with Gasteiger partial charge in [0, 0.05) is 32.3 Å². The molecule has 0 saturated heterocycles. The van der Waals surface area contributed by atoms with Gasteiger partial charge in [0.15, 0.2) is 0 Å². The van der Waals surface area contributed by atoms with E-state index in [1.54, 1.807) is 7.11 Å². The number of methoxy groups -OCH3 is 1. The zero-order valence-electron chi connectivity index (χ0n) is 12.6. The SMILES string of the molecule is CCNc1cc(N(CCOC)C(C)C2CC2)nc(N)n1. The predicted molar refractivity (Wildman–Crippen MR) is 82.0 cm³/mol. The van der Waals surface area contributed by atoms with Gasteiger partial charge in [-0.1, -0.05) is 0 Å². The Hall–Kier alpha value is -1.56. The third-order valence-electron chi connectivity index (χ3n) is 3.71. The number of anilines is 3. The quantitative estimate of drug-likeness (QED) is 0.755. The highest BCUT2D eigenvalue weighted by molar-refractivity contribution is 5.53. The summed E-state index contributed by atoms with van der Waals surface area (Å²) in [5, 5.41) is 3.19. The van der Waals surface area contributed by atoms with Crippen molar-refractivity contribution < 1.29 is 4.74 Å². The molecular formula is C14H25N5O. The number of nitrogen functional groups attached to an aromatic ring is 1. The minimum atomic E-state index is 0.309. The summed E-state index contributed by atoms with van der Waals surface area (Å²) in [5.74, 6) is 2.72. The van der Waals surface area contributed by atoms with Crippen LogP contribution in [0.15, 0.2) is 6.07 Å². The second-order valence-electron chi connectivity index (χ2n) is 5.26. The van der Waals surface area contributed by atoms with Gasteiger partial charge in [-0.25, -0.2) is 0 Å². The van der Waals surface area contributed by atoms with E-state index in [0.717, 1.165) is 30.6 Å². The summed E-state index contributed by atoms with van der Waals surface area (Å²) >= 11 is 0. The van der Waals surface area contributed by atoms with Crippen LogP contribution < -0.4 is 16.0 Å². The van der Waals surface area contributed by atoms with Gasteiger partial charge in [0.25, 0.3) is 0 Å². The molecule has 0 radical (unpaired) electrons. The first-order chi connectivity index (χ1) is 9.65. The van der Waals surface area contributed by atoms with E-state index in [2.05, 4.69) is 27.1 Å². The third kappa shape index (κ3) is 3.72. The van der Waals surface area contributed by atoms with Gasteiger partial charge in [0.1, 0.15) is 11.6 Å². The van der Waals surface area contributed by atoms with Crippen LogP contribution >= 0.6 is 0 Å². The molecule has 1 aromatic heterocycles. The van der Waals surface area contributed by atoms with Crippen LogP contribution in [0, 0.1) is 5.92 Å². The summed E-state index contributed by atoms with van der Waals surface area (Å²) in [7, 11) is 1.72. The molecule has 1 atom stereocenters. The van der Waals surface area contributed by atoms with Crippen molar-refractivity contribution in [3.05, 3.63) is 6.07 Å². The smallest absolute Gasteiger partial charge is 0.223 e. The molecular weight excluding hydrogens is 254 g/mol. The molecule has 0 bridgehead atoms. The second kappa shape index (κ2) is 6.74. The molecule has 0 aliphatic heterocycles. The maximum Gasteiger partial charge on any atom is 0.223 e. The fraction of sp³-hybridized carbons (Fsp3) is 0.714. The van der Waals surface area contributed by atoms with Crippen LogP contribution in [0.1, 0.15) is 26.7 Å². The van der Waals surface area contributed by atoms with Gasteiger partial charge in [0.05, 0.1) is 6.61 Å². The summed E-state index contributed by atoms with van der Waals surface area (Å²) < 4.78 is 5.22. The van der Waals surface area contributed by atoms with Crippen molar-refractivity contribution >= 4 is 17.6 Å². The molecule has 1 aromatic rings. The summed E-state index contributed by atoms with van der Waals surface area (Å²) in [6.07, 6.45) is 2.59. The van der Waals surface area contributed by atoms with Crippen LogP contribution in [-0.4, -0.2) is 42.8 Å². The number of hydrogen-bond donors (Lipinski definition) is 2. The van der Waals surface area contributed by atoms with Gasteiger partial charge in [-0.15, -0.1) is 0 Å². The van der Waals surface area contributed by atoms with Crippen LogP contribution in [0.3, 0.4) is 0 Å². The van der Waals surface area contributed by atoms with Crippen molar-refractivity contribution in [1.82, 2.24) is 9.97 Å². The van der Waals surface area contributed by atoms with Crippen LogP contribution in [0.4, 0.5) is 17.6 Å². The van der Waals surface area contributed by atoms with Crippen molar-refractivity contribution in [3.8, 4) is 0 Å². The van der Waals surface area contributed by atoms with E-state index in [-0.39, 0.29) is 0 Å². The van der Waals surface area contributed by atoms with E-state index in [1.807, 2.05) is 13.0 Å². The first-order valence-corrected chi connectivity index (χ1v) is 7.29. The summed E-state index contributed by atoms with van der Waals surface area (Å²) in [4.78, 5) is 10.9. The zero-order valence-corrected chi connectivity index (χ0v) is 12.6. The van der Waals surface area contributed by atoms with Crippen LogP contribution in [0.25, 0.3) is 0 Å². The summed E-state index contributed by atoms with van der Waals surface area (Å²) in [6.45, 7) is 6.59. The highest BCUT2D eigenvalue weighted by atomic mass is 16.5. The Labute approximate surface area is 120 Å². The topological polar surface area (TPSA) is 76.3 Å². The number of ether oxygens (including phenoxy) is 1. The minimum Gasteiger partial charge on any atom is -0.383 e. The molecule has 0 spiro atoms. The second-order valence-corrected chi connectivity index (χ2v) is 5.26. The fourth-order valence-corrected chi connectivity index (χ4v) is 2.42. The highest BCUT2D eigenvalue weighted by Gasteiger charge is 2.32. The molecule has 1 heterocycles. The Morgan fingerprint density at radius 3 is 2.85 bits per heavy atom. The maximum atomic E-state index is 5.83. The lowest BCUT2D eigenvalue weighted by molar-refractivity contribution is 0.202. The maximum absolute atomic E-state index is 5.83. The van der Waals surface area contributed by atoms with Crippen molar-refractivity contribution in [2.24, 2.45) is 5.92 Å². The molecule has 20 heavy (non-hydrogen) atoms. The van der Waals surface area contributed by atoms with Crippen LogP contribution in [0.5, 0.6) is 0 Å². The normalized spacial score (nSPS) is 15.9. The number of rotatable bonds is 8. The average Bonchev–Trinajstić information content (AvgIpc) is 3.23. The van der Waals surface area contributed by atoms with Gasteiger partial charge >= 0.3 is 0 Å². The van der Waals surface area contributed by atoms with Gasteiger partial charge in [0.2, 0.25) is 5.95 Å². The van der Waals surface area contributed by atoms with E-state index in [4.69, 9.17) is 10.5 Å². The lowest BCUT2D eigenvalue weighted by Crippen LogP contribution is -2.38. The molecule has 1 unspecified atom stereocenters. The Kier molecular flexibility index (Phi) is 5.00. The molecule has 6 nitrogen and oxygen atoms in total. The van der Waals surface area contributed by atoms with E-state index < -0.39 is 0 Å². The van der Waals surface area contributed by atoms with E-state index in [9.17, 15) is 0 Å². The molecule has 1 aliphatic rings. The number of hydrogen-bond acceptors (Lipinski definition) is 6. The Morgan fingerprint density at radius 2 is 2.25 bits per heavy atom. The predicted octanol–water partition coefficient (Wildman–Crippen LogP) is 1.74. The molecule has 1 aliphatic carbocycles. The third-order valence-corrected chi connectivity index (χ3v) is 3.71. The molecule has 1 fully saturated rings. The highest BCUT2D eigenvalue weighted by Crippen LogP contribution is 2.36. The minimum absolute atomic E-state index is 0.309. The number of aromatic nitrogens is 2. The number of nitrogens with zero attached hydrogens (tertiary/aromatic N) is 3. The van der Waals surface area contributed by atoms with E-state index in [0.29, 0.717) is 18.6 Å². The molecule has 112 valence electrons. The molecule has 1 saturated carbocycles. The van der Waals surface area contributed by atoms with Crippen LogP contribution in [-0.2, 0) is 4.74 Å². The fourth-order valence-electron chi connectivity index (χ4n) is 2.42. The monoisotopic (exact) mass is 279 g/mol. The lowest BCUT2D eigenvalue weighted by Gasteiger charge is -2.30. The molecule has 0 amide bonds. The van der Waals surface area contributed by atoms with Crippen molar-refractivity contribution in [3.63, 3.8) is 0 Å². The van der Waals surface area contributed by atoms with Gasteiger partial charge in [-0.3, -0.25) is 0 Å². The van der Waals surface area contributed by atoms with Crippen LogP contribution in [0.2, 0.25) is 0 Å². The van der Waals surface area contributed by atoms with Gasteiger partial charge < -0.3 is 20.7 Å². The number of nitrogens with one attached hydrogen (secondary N) is 1. The summed E-state index contributed by atoms with van der Waals surface area (Å²) in [5.41, 5.74) is 5.83. The Morgan fingerprint density at radius 1 is 1.50 bits per heavy atom. The first-order valence-electron chi connectivity index (χ1n) is 7.29. The Balaban J connectivity index is 2.21. The molecule has 6 heteroatoms. The van der Waals surface area contributed by atoms with E-state index in [1.165, 1.54) is 12.8 Å². The van der Waals surface area contributed by atoms with Crippen molar-refractivity contribution in [1.29, 1.82) is 0 Å². The van der Waals surface area contributed by atoms with Crippen molar-refractivity contribution in [2.45, 2.75) is 32.7 Å². The van der Waals surface area contributed by atoms with Crippen molar-refractivity contribution in [2.75, 3.05) is 42.8 Å². The number of nitrogens with two attached hydrogens (primary N) is 1. The molecule has 3 N–H and O–H groups in total.